The summed E-state index contributed by atoms with van der Waals surface area (Å²) in [5.74, 6) is 0.00707. The molecule has 2 atom stereocenters. The zero-order valence-electron chi connectivity index (χ0n) is 14.3. The van der Waals surface area contributed by atoms with Crippen LogP contribution in [0.15, 0.2) is 35.7 Å². The Morgan fingerprint density at radius 2 is 2.12 bits per heavy atom. The molecule has 6 heteroatoms. The van der Waals surface area contributed by atoms with Crippen molar-refractivity contribution < 1.29 is 9.63 Å². The summed E-state index contributed by atoms with van der Waals surface area (Å²) in [5.41, 5.74) is 2.29. The van der Waals surface area contributed by atoms with E-state index in [0.717, 1.165) is 30.3 Å². The average molecular weight is 345 g/mol. The van der Waals surface area contributed by atoms with E-state index in [4.69, 9.17) is 4.84 Å². The first-order chi connectivity index (χ1) is 11.6. The highest BCUT2D eigenvalue weighted by molar-refractivity contribution is 7.09. The van der Waals surface area contributed by atoms with Crippen LogP contribution in [-0.4, -0.2) is 48.1 Å². The first kappa shape index (κ1) is 17.1. The quantitative estimate of drug-likeness (QED) is 0.782. The maximum absolute atomic E-state index is 12.7. The first-order valence-electron chi connectivity index (χ1n) is 8.08. The fourth-order valence-corrected chi connectivity index (χ4v) is 3.96. The SMILES string of the molecule is CON(C)C(=O)[C@H]1CN(Cc2ccccc2)C[C@@H]1c1csc(C)n1. The molecule has 3 rings (SSSR count). The van der Waals surface area contributed by atoms with Gasteiger partial charge in [0, 0.05) is 38.0 Å². The number of rotatable bonds is 5. The van der Waals surface area contributed by atoms with Crippen LogP contribution in [0.1, 0.15) is 22.2 Å². The number of aromatic nitrogens is 1. The third kappa shape index (κ3) is 3.66. The van der Waals surface area contributed by atoms with Gasteiger partial charge < -0.3 is 0 Å². The molecule has 0 unspecified atom stereocenters. The van der Waals surface area contributed by atoms with Crippen molar-refractivity contribution in [2.75, 3.05) is 27.2 Å². The number of thiazole rings is 1. The number of nitrogens with zero attached hydrogens (tertiary/aromatic N) is 3. The van der Waals surface area contributed by atoms with Gasteiger partial charge in [0.2, 0.25) is 0 Å². The molecular formula is C18H23N3O2S. The van der Waals surface area contributed by atoms with E-state index in [0.29, 0.717) is 0 Å². The zero-order valence-corrected chi connectivity index (χ0v) is 15.1. The van der Waals surface area contributed by atoms with Gasteiger partial charge in [-0.25, -0.2) is 10.0 Å². The van der Waals surface area contributed by atoms with Gasteiger partial charge >= 0.3 is 0 Å². The van der Waals surface area contributed by atoms with Gasteiger partial charge in [0.1, 0.15) is 0 Å². The predicted molar refractivity (Wildman–Crippen MR) is 94.6 cm³/mol. The van der Waals surface area contributed by atoms with Gasteiger partial charge in [-0.05, 0) is 12.5 Å². The van der Waals surface area contributed by atoms with Crippen LogP contribution in [0.5, 0.6) is 0 Å². The van der Waals surface area contributed by atoms with E-state index in [-0.39, 0.29) is 17.7 Å². The highest BCUT2D eigenvalue weighted by atomic mass is 32.1. The van der Waals surface area contributed by atoms with Crippen LogP contribution in [0.4, 0.5) is 0 Å². The van der Waals surface area contributed by atoms with Crippen molar-refractivity contribution in [2.45, 2.75) is 19.4 Å². The number of carbonyl (C=O) groups excluding carboxylic acids is 1. The van der Waals surface area contributed by atoms with Crippen LogP contribution in [0, 0.1) is 12.8 Å². The van der Waals surface area contributed by atoms with Gasteiger partial charge in [0.25, 0.3) is 5.91 Å². The van der Waals surface area contributed by atoms with Crippen molar-refractivity contribution >= 4 is 17.2 Å². The van der Waals surface area contributed by atoms with Crippen LogP contribution in [0.3, 0.4) is 0 Å². The van der Waals surface area contributed by atoms with Crippen molar-refractivity contribution in [3.05, 3.63) is 52.0 Å². The average Bonchev–Trinajstić information content (AvgIpc) is 3.20. The summed E-state index contributed by atoms with van der Waals surface area (Å²) in [6.07, 6.45) is 0. The van der Waals surface area contributed by atoms with Crippen molar-refractivity contribution in [3.63, 3.8) is 0 Å². The lowest BCUT2D eigenvalue weighted by Crippen LogP contribution is -2.35. The maximum Gasteiger partial charge on any atom is 0.250 e. The minimum absolute atomic E-state index is 0.0173. The molecule has 0 radical (unpaired) electrons. The molecule has 0 aliphatic carbocycles. The molecule has 24 heavy (non-hydrogen) atoms. The molecule has 2 aromatic rings. The van der Waals surface area contributed by atoms with E-state index in [1.807, 2.05) is 25.1 Å². The minimum Gasteiger partial charge on any atom is -0.298 e. The molecule has 1 amide bonds. The fourth-order valence-electron chi connectivity index (χ4n) is 3.28. The molecule has 0 spiro atoms. The Hall–Kier alpha value is -1.76. The molecule has 1 aromatic carbocycles. The van der Waals surface area contributed by atoms with Crippen molar-refractivity contribution in [1.82, 2.24) is 14.9 Å². The van der Waals surface area contributed by atoms with E-state index in [9.17, 15) is 4.79 Å². The smallest absolute Gasteiger partial charge is 0.250 e. The molecule has 128 valence electrons. The van der Waals surface area contributed by atoms with Gasteiger partial charge in [-0.15, -0.1) is 11.3 Å². The Kier molecular flexibility index (Phi) is 5.28. The summed E-state index contributed by atoms with van der Waals surface area (Å²) in [7, 11) is 3.20. The molecule has 1 aliphatic rings. The molecule has 5 nitrogen and oxygen atoms in total. The van der Waals surface area contributed by atoms with Gasteiger partial charge in [-0.1, -0.05) is 30.3 Å². The van der Waals surface area contributed by atoms with Crippen LogP contribution < -0.4 is 0 Å². The zero-order chi connectivity index (χ0) is 17.1. The van der Waals surface area contributed by atoms with Crippen LogP contribution >= 0.6 is 11.3 Å². The van der Waals surface area contributed by atoms with E-state index in [1.54, 1.807) is 18.4 Å². The number of benzene rings is 1. The van der Waals surface area contributed by atoms with E-state index in [2.05, 4.69) is 27.4 Å². The second kappa shape index (κ2) is 7.42. The molecule has 1 aromatic heterocycles. The summed E-state index contributed by atoms with van der Waals surface area (Å²) in [6, 6.07) is 10.4. The third-order valence-corrected chi connectivity index (χ3v) is 5.35. The molecule has 0 N–H and O–H groups in total. The molecule has 1 aliphatic heterocycles. The topological polar surface area (TPSA) is 45.7 Å². The second-order valence-electron chi connectivity index (χ2n) is 6.20. The number of hydrogen-bond donors (Lipinski definition) is 0. The molecule has 1 fully saturated rings. The number of amides is 1. The van der Waals surface area contributed by atoms with Gasteiger partial charge in [0.05, 0.1) is 23.7 Å². The van der Waals surface area contributed by atoms with Crippen molar-refractivity contribution in [2.24, 2.45) is 5.92 Å². The monoisotopic (exact) mass is 345 g/mol. The van der Waals surface area contributed by atoms with E-state index in [1.165, 1.54) is 17.7 Å². The fraction of sp³-hybridized carbons (Fsp3) is 0.444. The number of hydroxylamine groups is 2. The summed E-state index contributed by atoms with van der Waals surface area (Å²) in [6.45, 7) is 4.42. The lowest BCUT2D eigenvalue weighted by molar-refractivity contribution is -0.173. The number of likely N-dealkylation sites (tertiary alicyclic amines) is 1. The summed E-state index contributed by atoms with van der Waals surface area (Å²) in [4.78, 5) is 24.8. The van der Waals surface area contributed by atoms with Crippen LogP contribution in [0.2, 0.25) is 0 Å². The summed E-state index contributed by atoms with van der Waals surface area (Å²) < 4.78 is 0. The first-order valence-corrected chi connectivity index (χ1v) is 8.96. The maximum atomic E-state index is 12.7. The Balaban J connectivity index is 1.80. The summed E-state index contributed by atoms with van der Waals surface area (Å²) in [5, 5.41) is 4.46. The molecule has 0 bridgehead atoms. The number of carbonyl (C=O) groups is 1. The highest BCUT2D eigenvalue weighted by Gasteiger charge is 2.41. The standard InChI is InChI=1S/C18H23N3O2S/c1-13-19-17(12-24-13)15-10-21(9-14-7-5-4-6-8-14)11-16(15)18(22)20(2)23-3/h4-8,12,15-16H,9-11H2,1-3H3/t15-,16-/m0/s1. The normalized spacial score (nSPS) is 21.1. The van der Waals surface area contributed by atoms with E-state index >= 15 is 0 Å². The van der Waals surface area contributed by atoms with Crippen molar-refractivity contribution in [1.29, 1.82) is 0 Å². The number of hydrogen-bond acceptors (Lipinski definition) is 5. The molecular weight excluding hydrogens is 322 g/mol. The summed E-state index contributed by atoms with van der Waals surface area (Å²) >= 11 is 1.64. The Bertz CT molecular complexity index is 689. The lowest BCUT2D eigenvalue weighted by Gasteiger charge is -2.21. The predicted octanol–water partition coefficient (Wildman–Crippen LogP) is 2.69. The second-order valence-corrected chi connectivity index (χ2v) is 7.26. The Morgan fingerprint density at radius 1 is 1.38 bits per heavy atom. The lowest BCUT2D eigenvalue weighted by atomic mass is 9.93. The van der Waals surface area contributed by atoms with Crippen molar-refractivity contribution in [3.8, 4) is 0 Å². The largest absolute Gasteiger partial charge is 0.298 e. The van der Waals surface area contributed by atoms with Crippen LogP contribution in [0.25, 0.3) is 0 Å². The van der Waals surface area contributed by atoms with E-state index < -0.39 is 0 Å². The number of aryl methyl sites for hydroxylation is 1. The highest BCUT2D eigenvalue weighted by Crippen LogP contribution is 2.35. The Morgan fingerprint density at radius 3 is 2.75 bits per heavy atom. The Labute approximate surface area is 146 Å². The van der Waals surface area contributed by atoms with Gasteiger partial charge in [-0.3, -0.25) is 14.5 Å². The molecule has 2 heterocycles. The van der Waals surface area contributed by atoms with Gasteiger partial charge in [0.15, 0.2) is 0 Å². The third-order valence-electron chi connectivity index (χ3n) is 4.56. The molecule has 0 saturated carbocycles. The van der Waals surface area contributed by atoms with Gasteiger partial charge in [-0.2, -0.15) is 0 Å². The minimum atomic E-state index is -0.125. The van der Waals surface area contributed by atoms with Crippen LogP contribution in [-0.2, 0) is 16.2 Å². The molecule has 1 saturated heterocycles.